The van der Waals surface area contributed by atoms with E-state index in [1.165, 1.54) is 18.6 Å². The summed E-state index contributed by atoms with van der Waals surface area (Å²) < 4.78 is 0. The number of nitrogens with zero attached hydrogens (tertiary/aromatic N) is 1. The molecule has 0 aromatic heterocycles. The molecule has 1 aliphatic rings. The summed E-state index contributed by atoms with van der Waals surface area (Å²) in [4.78, 5) is 0. The zero-order chi connectivity index (χ0) is 5.82. The molecular weight excluding hydrogens is 138 g/mol. The summed E-state index contributed by atoms with van der Waals surface area (Å²) in [6.45, 7) is 0. The van der Waals surface area contributed by atoms with Crippen LogP contribution in [-0.4, -0.2) is 11.5 Å². The van der Waals surface area contributed by atoms with Gasteiger partial charge in [-0.15, -0.1) is 5.26 Å². The summed E-state index contributed by atoms with van der Waals surface area (Å²) >= 11 is 0. The lowest BCUT2D eigenvalue weighted by Crippen LogP contribution is -2.06. The van der Waals surface area contributed by atoms with Crippen LogP contribution in [0.5, 0.6) is 0 Å². The Morgan fingerprint density at radius 3 is 2.75 bits per heavy atom. The maximum Gasteiger partial charge on any atom is 0.332 e. The minimum absolute atomic E-state index is 0.0706. The first kappa shape index (κ1) is 6.31. The van der Waals surface area contributed by atoms with Gasteiger partial charge in [-0.1, -0.05) is 0 Å². The number of hydrogen-bond acceptors (Lipinski definition) is 2. The number of thiocyanates is 1. The van der Waals surface area contributed by atoms with Crippen LogP contribution < -0.4 is 0 Å². The van der Waals surface area contributed by atoms with Crippen molar-refractivity contribution in [3.63, 3.8) is 0 Å². The predicted octanol–water partition coefficient (Wildman–Crippen LogP) is 1.53. The summed E-state index contributed by atoms with van der Waals surface area (Å²) in [5.41, 5.74) is 0. The van der Waals surface area contributed by atoms with E-state index >= 15 is 0 Å². The molecule has 0 radical (unpaired) electrons. The zero-order valence-corrected chi connectivity index (χ0v) is 6.23. The SMILES string of the molecule is N#C[S+]1CCCCS1. The molecule has 0 bridgehead atoms. The van der Waals surface area contributed by atoms with Crippen molar-refractivity contribution in [3.8, 4) is 5.40 Å². The van der Waals surface area contributed by atoms with Crippen molar-refractivity contribution in [2.75, 3.05) is 11.5 Å². The molecule has 1 atom stereocenters. The molecule has 0 saturated carbocycles. The lowest BCUT2D eigenvalue weighted by Gasteiger charge is -2.01. The smallest absolute Gasteiger partial charge is 0.135 e. The highest BCUT2D eigenvalue weighted by Gasteiger charge is 2.23. The fourth-order valence-corrected chi connectivity index (χ4v) is 3.70. The third-order valence-electron chi connectivity index (χ3n) is 1.05. The highest BCUT2D eigenvalue weighted by Crippen LogP contribution is 2.23. The number of hydrogen-bond donors (Lipinski definition) is 0. The van der Waals surface area contributed by atoms with Crippen LogP contribution in [0.25, 0.3) is 0 Å². The zero-order valence-electron chi connectivity index (χ0n) is 4.59. The first-order chi connectivity index (χ1) is 3.93. The molecule has 0 amide bonds. The Morgan fingerprint density at radius 1 is 1.50 bits per heavy atom. The van der Waals surface area contributed by atoms with Crippen LogP contribution in [0.1, 0.15) is 12.8 Å². The average molecular weight is 146 g/mol. The van der Waals surface area contributed by atoms with E-state index in [4.69, 9.17) is 5.26 Å². The van der Waals surface area contributed by atoms with Gasteiger partial charge in [0.05, 0.1) is 0 Å². The third kappa shape index (κ3) is 1.61. The monoisotopic (exact) mass is 146 g/mol. The van der Waals surface area contributed by atoms with Gasteiger partial charge in [0, 0.05) is 5.75 Å². The molecule has 3 heteroatoms. The van der Waals surface area contributed by atoms with E-state index in [1.54, 1.807) is 0 Å². The second-order valence-electron chi connectivity index (χ2n) is 1.67. The van der Waals surface area contributed by atoms with Crippen molar-refractivity contribution in [2.45, 2.75) is 12.8 Å². The highest BCUT2D eigenvalue weighted by atomic mass is 33.1. The maximum atomic E-state index is 8.43. The Morgan fingerprint density at radius 2 is 2.38 bits per heavy atom. The lowest BCUT2D eigenvalue weighted by molar-refractivity contribution is 0.903. The first-order valence-corrected chi connectivity index (χ1v) is 5.57. The molecule has 0 spiro atoms. The van der Waals surface area contributed by atoms with E-state index < -0.39 is 0 Å². The van der Waals surface area contributed by atoms with Crippen LogP contribution in [-0.2, 0) is 9.93 Å². The fraction of sp³-hybridized carbons (Fsp3) is 0.800. The summed E-state index contributed by atoms with van der Waals surface area (Å²) in [5.74, 6) is 2.35. The normalized spacial score (nSPS) is 29.1. The Labute approximate surface area is 56.2 Å². The van der Waals surface area contributed by atoms with Crippen LogP contribution in [0.3, 0.4) is 0 Å². The van der Waals surface area contributed by atoms with Gasteiger partial charge in [-0.05, 0) is 12.8 Å². The standard InChI is InChI=1S/C5H8NS2/c6-5-8-4-2-1-3-7-8/h1-4H2/q+1. The van der Waals surface area contributed by atoms with Crippen molar-refractivity contribution in [1.29, 1.82) is 5.26 Å². The van der Waals surface area contributed by atoms with Crippen LogP contribution in [0.15, 0.2) is 0 Å². The molecule has 0 aromatic rings. The van der Waals surface area contributed by atoms with Crippen LogP contribution in [0, 0.1) is 10.7 Å². The van der Waals surface area contributed by atoms with Gasteiger partial charge in [0.2, 0.25) is 0 Å². The number of rotatable bonds is 0. The molecule has 1 saturated heterocycles. The molecule has 44 valence electrons. The lowest BCUT2D eigenvalue weighted by atomic mass is 10.4. The van der Waals surface area contributed by atoms with Gasteiger partial charge in [-0.25, -0.2) is 0 Å². The van der Waals surface area contributed by atoms with E-state index in [0.29, 0.717) is 0 Å². The van der Waals surface area contributed by atoms with E-state index in [9.17, 15) is 0 Å². The summed E-state index contributed by atoms with van der Waals surface area (Å²) in [6, 6.07) is 0. The van der Waals surface area contributed by atoms with Gasteiger partial charge in [-0.3, -0.25) is 0 Å². The van der Waals surface area contributed by atoms with Gasteiger partial charge in [0.15, 0.2) is 9.93 Å². The van der Waals surface area contributed by atoms with Crippen molar-refractivity contribution >= 4 is 20.7 Å². The summed E-state index contributed by atoms with van der Waals surface area (Å²) in [5, 5.41) is 10.7. The Hall–Kier alpha value is 0.190. The molecule has 1 aliphatic heterocycles. The summed E-state index contributed by atoms with van der Waals surface area (Å²) in [7, 11) is 1.90. The average Bonchev–Trinajstić information content (AvgIpc) is 1.90. The van der Waals surface area contributed by atoms with Crippen molar-refractivity contribution in [3.05, 3.63) is 0 Å². The van der Waals surface area contributed by atoms with Crippen LogP contribution in [0.4, 0.5) is 0 Å². The van der Waals surface area contributed by atoms with E-state index in [2.05, 4.69) is 5.40 Å². The quantitative estimate of drug-likeness (QED) is 0.294. The minimum atomic E-state index is 0.0706. The maximum absolute atomic E-state index is 8.43. The first-order valence-electron chi connectivity index (χ1n) is 2.67. The van der Waals surface area contributed by atoms with Gasteiger partial charge in [0.1, 0.15) is 16.5 Å². The predicted molar refractivity (Wildman–Crippen MR) is 39.5 cm³/mol. The fourth-order valence-electron chi connectivity index (χ4n) is 0.626. The van der Waals surface area contributed by atoms with Crippen molar-refractivity contribution in [2.24, 2.45) is 0 Å². The topological polar surface area (TPSA) is 23.8 Å². The van der Waals surface area contributed by atoms with E-state index in [-0.39, 0.29) is 9.93 Å². The highest BCUT2D eigenvalue weighted by molar-refractivity contribution is 8.75. The Kier molecular flexibility index (Phi) is 2.57. The molecule has 0 N–H and O–H groups in total. The molecule has 1 nitrogen and oxygen atoms in total. The van der Waals surface area contributed by atoms with Gasteiger partial charge in [0.25, 0.3) is 0 Å². The van der Waals surface area contributed by atoms with Crippen molar-refractivity contribution in [1.82, 2.24) is 0 Å². The second kappa shape index (κ2) is 3.26. The Bertz CT molecular complexity index is 101. The van der Waals surface area contributed by atoms with Gasteiger partial charge in [-0.2, -0.15) is 0 Å². The minimum Gasteiger partial charge on any atom is -0.135 e. The van der Waals surface area contributed by atoms with Gasteiger partial charge < -0.3 is 0 Å². The van der Waals surface area contributed by atoms with E-state index in [1.807, 2.05) is 10.8 Å². The molecule has 0 aromatic carbocycles. The largest absolute Gasteiger partial charge is 0.332 e. The molecule has 1 unspecified atom stereocenters. The van der Waals surface area contributed by atoms with E-state index in [0.717, 1.165) is 5.75 Å². The van der Waals surface area contributed by atoms with Crippen LogP contribution >= 0.6 is 10.8 Å². The second-order valence-corrected chi connectivity index (χ2v) is 5.51. The third-order valence-corrected chi connectivity index (χ3v) is 4.73. The van der Waals surface area contributed by atoms with Crippen molar-refractivity contribution < 1.29 is 0 Å². The molecule has 1 rings (SSSR count). The Balaban J connectivity index is 2.25. The molecule has 1 heterocycles. The van der Waals surface area contributed by atoms with Gasteiger partial charge >= 0.3 is 5.40 Å². The molecule has 1 fully saturated rings. The van der Waals surface area contributed by atoms with Crippen LogP contribution in [0.2, 0.25) is 0 Å². The molecular formula is C5H8NS2+. The summed E-state index contributed by atoms with van der Waals surface area (Å²) in [6.07, 6.45) is 2.58. The molecule has 8 heavy (non-hydrogen) atoms. The molecule has 0 aliphatic carbocycles. The number of nitriles is 1.